The first kappa shape index (κ1) is 19.4. The normalized spacial score (nSPS) is 13.9. The molecular weight excluding hydrogens is 388 g/mol. The summed E-state index contributed by atoms with van der Waals surface area (Å²) in [6, 6.07) is 13.6. The van der Waals surface area contributed by atoms with Crippen LogP contribution in [0.5, 0.6) is 0 Å². The Labute approximate surface area is 180 Å². The van der Waals surface area contributed by atoms with E-state index in [2.05, 4.69) is 14.9 Å². The Hall–Kier alpha value is -3.58. The van der Waals surface area contributed by atoms with Crippen molar-refractivity contribution in [2.24, 2.45) is 7.05 Å². The number of para-hydroxylation sites is 1. The fourth-order valence-corrected chi connectivity index (χ4v) is 4.17. The number of hydrogen-bond donors (Lipinski definition) is 0. The molecule has 0 saturated heterocycles. The molecule has 156 valence electrons. The summed E-state index contributed by atoms with van der Waals surface area (Å²) >= 11 is 0. The van der Waals surface area contributed by atoms with Crippen LogP contribution >= 0.6 is 0 Å². The van der Waals surface area contributed by atoms with Crippen molar-refractivity contribution in [1.82, 2.24) is 29.2 Å². The number of pyridine rings is 1. The van der Waals surface area contributed by atoms with E-state index >= 15 is 0 Å². The van der Waals surface area contributed by atoms with E-state index in [4.69, 9.17) is 4.98 Å². The largest absolute Gasteiger partial charge is 0.294 e. The molecule has 0 atom stereocenters. The summed E-state index contributed by atoms with van der Waals surface area (Å²) in [7, 11) is 1.94. The monoisotopic (exact) mass is 412 g/mol. The minimum atomic E-state index is 0.0418. The van der Waals surface area contributed by atoms with E-state index in [-0.39, 0.29) is 5.56 Å². The molecule has 5 rings (SSSR count). The van der Waals surface area contributed by atoms with Crippen LogP contribution in [0.25, 0.3) is 17.1 Å². The van der Waals surface area contributed by atoms with Crippen molar-refractivity contribution in [3.8, 4) is 17.1 Å². The predicted molar refractivity (Wildman–Crippen MR) is 119 cm³/mol. The fourth-order valence-electron chi connectivity index (χ4n) is 4.17. The van der Waals surface area contributed by atoms with Crippen LogP contribution < -0.4 is 5.56 Å². The molecule has 0 aliphatic carbocycles. The minimum absolute atomic E-state index is 0.0418. The van der Waals surface area contributed by atoms with Crippen LogP contribution in [-0.2, 0) is 26.6 Å². The van der Waals surface area contributed by atoms with Crippen molar-refractivity contribution in [1.29, 1.82) is 0 Å². The highest BCUT2D eigenvalue weighted by molar-refractivity contribution is 5.53. The van der Waals surface area contributed by atoms with E-state index in [0.29, 0.717) is 12.4 Å². The first-order valence-corrected chi connectivity index (χ1v) is 10.4. The summed E-state index contributed by atoms with van der Waals surface area (Å²) in [5, 5.41) is 0. The molecule has 4 aromatic rings. The summed E-state index contributed by atoms with van der Waals surface area (Å²) in [5.41, 5.74) is 5.87. The third-order valence-corrected chi connectivity index (χ3v) is 5.99. The lowest BCUT2D eigenvalue weighted by Gasteiger charge is -2.27. The molecule has 7 nitrogen and oxygen atoms in total. The molecule has 0 saturated carbocycles. The zero-order chi connectivity index (χ0) is 21.4. The maximum absolute atomic E-state index is 13.2. The summed E-state index contributed by atoms with van der Waals surface area (Å²) in [6.07, 6.45) is 6.28. The summed E-state index contributed by atoms with van der Waals surface area (Å²) in [4.78, 5) is 29.0. The van der Waals surface area contributed by atoms with Crippen molar-refractivity contribution in [3.05, 3.63) is 93.9 Å². The first-order chi connectivity index (χ1) is 15.1. The zero-order valence-electron chi connectivity index (χ0n) is 17.7. The van der Waals surface area contributed by atoms with Gasteiger partial charge < -0.3 is 0 Å². The number of hydrogen-bond acceptors (Lipinski definition) is 5. The van der Waals surface area contributed by atoms with Crippen molar-refractivity contribution in [3.63, 3.8) is 0 Å². The third-order valence-electron chi connectivity index (χ3n) is 5.99. The van der Waals surface area contributed by atoms with E-state index in [1.54, 1.807) is 17.1 Å². The highest BCUT2D eigenvalue weighted by Gasteiger charge is 2.23. The Morgan fingerprint density at radius 2 is 1.90 bits per heavy atom. The van der Waals surface area contributed by atoms with Crippen LogP contribution in [0.3, 0.4) is 0 Å². The van der Waals surface area contributed by atoms with Crippen molar-refractivity contribution in [2.75, 3.05) is 6.54 Å². The van der Waals surface area contributed by atoms with Gasteiger partial charge in [-0.25, -0.2) is 14.6 Å². The second kappa shape index (κ2) is 7.92. The van der Waals surface area contributed by atoms with Crippen LogP contribution in [0.4, 0.5) is 0 Å². The maximum Gasteiger partial charge on any atom is 0.276 e. The lowest BCUT2D eigenvalue weighted by atomic mass is 10.1. The number of nitrogens with zero attached hydrogens (tertiary/aromatic N) is 6. The van der Waals surface area contributed by atoms with Crippen LogP contribution in [0.2, 0.25) is 0 Å². The molecule has 0 spiro atoms. The van der Waals surface area contributed by atoms with Crippen molar-refractivity contribution in [2.45, 2.75) is 26.4 Å². The Bertz CT molecular complexity index is 1280. The van der Waals surface area contributed by atoms with Gasteiger partial charge >= 0.3 is 0 Å². The second-order valence-corrected chi connectivity index (χ2v) is 7.91. The van der Waals surface area contributed by atoms with Gasteiger partial charge in [0, 0.05) is 68.5 Å². The standard InChI is InChI=1S/C24H24N6O/c1-17-21(24(31)30(28(17)2)20-8-4-3-5-9-20)16-29-12-10-22-19(15-29)14-26-23(27-22)18-7-6-11-25-13-18/h3-9,11,13-14H,10,12,15-16H2,1-2H3. The predicted octanol–water partition coefficient (Wildman–Crippen LogP) is 2.89. The third kappa shape index (κ3) is 3.57. The quantitative estimate of drug-likeness (QED) is 0.516. The van der Waals surface area contributed by atoms with E-state index < -0.39 is 0 Å². The summed E-state index contributed by atoms with van der Waals surface area (Å²) in [5.74, 6) is 0.713. The molecule has 0 amide bonds. The van der Waals surface area contributed by atoms with Crippen molar-refractivity contribution < 1.29 is 0 Å². The fraction of sp³-hybridized carbons (Fsp3) is 0.250. The van der Waals surface area contributed by atoms with Gasteiger partial charge in [-0.05, 0) is 31.2 Å². The smallest absolute Gasteiger partial charge is 0.276 e. The molecule has 0 unspecified atom stereocenters. The van der Waals surface area contributed by atoms with Gasteiger partial charge in [-0.2, -0.15) is 0 Å². The van der Waals surface area contributed by atoms with E-state index in [1.807, 2.05) is 67.3 Å². The number of rotatable bonds is 4. The van der Waals surface area contributed by atoms with Crippen LogP contribution in [-0.4, -0.2) is 35.8 Å². The van der Waals surface area contributed by atoms with Gasteiger partial charge in [-0.3, -0.25) is 19.4 Å². The Morgan fingerprint density at radius 3 is 2.68 bits per heavy atom. The summed E-state index contributed by atoms with van der Waals surface area (Å²) in [6.45, 7) is 4.22. The second-order valence-electron chi connectivity index (χ2n) is 7.91. The molecule has 4 heterocycles. The van der Waals surface area contributed by atoms with E-state index in [1.165, 1.54) is 0 Å². The SMILES string of the molecule is Cc1c(CN2CCc3nc(-c4cccnc4)ncc3C2)c(=O)n(-c2ccccc2)n1C. The minimum Gasteiger partial charge on any atom is -0.294 e. The van der Waals surface area contributed by atoms with Gasteiger partial charge in [0.2, 0.25) is 0 Å². The summed E-state index contributed by atoms with van der Waals surface area (Å²) < 4.78 is 3.68. The average Bonchev–Trinajstić information content (AvgIpc) is 3.03. The lowest BCUT2D eigenvalue weighted by molar-refractivity contribution is 0.241. The molecule has 0 radical (unpaired) electrons. The maximum atomic E-state index is 13.2. The van der Waals surface area contributed by atoms with Gasteiger partial charge in [0.1, 0.15) is 0 Å². The Morgan fingerprint density at radius 1 is 1.06 bits per heavy atom. The molecule has 0 fully saturated rings. The Kier molecular flexibility index (Phi) is 4.95. The van der Waals surface area contributed by atoms with Crippen LogP contribution in [0.15, 0.2) is 65.8 Å². The van der Waals surface area contributed by atoms with Gasteiger partial charge in [0.25, 0.3) is 5.56 Å². The molecular formula is C24H24N6O. The Balaban J connectivity index is 1.39. The van der Waals surface area contributed by atoms with Crippen LogP contribution in [0, 0.1) is 6.92 Å². The molecule has 31 heavy (non-hydrogen) atoms. The highest BCUT2D eigenvalue weighted by atomic mass is 16.1. The molecule has 3 aromatic heterocycles. The van der Waals surface area contributed by atoms with Crippen molar-refractivity contribution >= 4 is 0 Å². The molecule has 1 aromatic carbocycles. The lowest BCUT2D eigenvalue weighted by Crippen LogP contribution is -2.33. The molecule has 1 aliphatic heterocycles. The van der Waals surface area contributed by atoms with Gasteiger partial charge in [0.05, 0.1) is 16.9 Å². The average molecular weight is 412 g/mol. The van der Waals surface area contributed by atoms with Gasteiger partial charge in [-0.15, -0.1) is 0 Å². The molecule has 0 N–H and O–H groups in total. The van der Waals surface area contributed by atoms with Gasteiger partial charge in [-0.1, -0.05) is 18.2 Å². The highest BCUT2D eigenvalue weighted by Crippen LogP contribution is 2.22. The van der Waals surface area contributed by atoms with E-state index in [9.17, 15) is 4.79 Å². The first-order valence-electron chi connectivity index (χ1n) is 10.4. The molecule has 1 aliphatic rings. The number of benzene rings is 1. The number of fused-ring (bicyclic) bond motifs is 1. The molecule has 0 bridgehead atoms. The van der Waals surface area contributed by atoms with Crippen LogP contribution in [0.1, 0.15) is 22.5 Å². The molecule has 7 heteroatoms. The zero-order valence-corrected chi connectivity index (χ0v) is 17.7. The van der Waals surface area contributed by atoms with Gasteiger partial charge in [0.15, 0.2) is 5.82 Å². The topological polar surface area (TPSA) is 68.8 Å². The number of aromatic nitrogens is 5. The van der Waals surface area contributed by atoms with E-state index in [0.717, 1.165) is 53.3 Å².